The molecule has 9 nitrogen and oxygen atoms in total. The molecule has 2 heterocycles. The van der Waals surface area contributed by atoms with Gasteiger partial charge in [0.2, 0.25) is 5.91 Å². The Kier molecular flexibility index (Phi) is 6.74. The van der Waals surface area contributed by atoms with Gasteiger partial charge in [0.15, 0.2) is 6.61 Å². The third-order valence-corrected chi connectivity index (χ3v) is 4.99. The van der Waals surface area contributed by atoms with Gasteiger partial charge in [0.05, 0.1) is 12.2 Å². The SMILES string of the molecule is CCOC(=O)c1[nH]c(C)c(C(=O)OCC(=O)Nc2ccc(N3CCCC3=O)cc2)c1C. The van der Waals surface area contributed by atoms with Crippen LogP contribution in [0.1, 0.15) is 51.9 Å². The lowest BCUT2D eigenvalue weighted by molar-refractivity contribution is -0.119. The van der Waals surface area contributed by atoms with Crippen molar-refractivity contribution in [2.24, 2.45) is 0 Å². The van der Waals surface area contributed by atoms with E-state index in [1.54, 1.807) is 49.9 Å². The topological polar surface area (TPSA) is 118 Å². The minimum atomic E-state index is -0.708. The molecule has 0 saturated carbocycles. The first kappa shape index (κ1) is 22.1. The second kappa shape index (κ2) is 9.46. The van der Waals surface area contributed by atoms with Gasteiger partial charge in [-0.3, -0.25) is 9.59 Å². The summed E-state index contributed by atoms with van der Waals surface area (Å²) in [4.78, 5) is 52.9. The lowest BCUT2D eigenvalue weighted by Gasteiger charge is -2.16. The molecule has 1 aromatic heterocycles. The molecule has 0 bridgehead atoms. The number of ether oxygens (including phenoxy) is 2. The van der Waals surface area contributed by atoms with Crippen molar-refractivity contribution in [3.8, 4) is 0 Å². The van der Waals surface area contributed by atoms with Crippen LogP contribution in [-0.4, -0.2) is 48.5 Å². The number of carbonyl (C=O) groups excluding carboxylic acids is 4. The van der Waals surface area contributed by atoms with Crippen LogP contribution in [0.4, 0.5) is 11.4 Å². The van der Waals surface area contributed by atoms with Gasteiger partial charge in [-0.2, -0.15) is 0 Å². The van der Waals surface area contributed by atoms with Crippen LogP contribution in [-0.2, 0) is 19.1 Å². The Labute approximate surface area is 179 Å². The van der Waals surface area contributed by atoms with E-state index in [4.69, 9.17) is 9.47 Å². The number of esters is 2. The smallest absolute Gasteiger partial charge is 0.355 e. The molecule has 1 fully saturated rings. The normalized spacial score (nSPS) is 13.3. The van der Waals surface area contributed by atoms with Crippen molar-refractivity contribution in [1.29, 1.82) is 0 Å². The van der Waals surface area contributed by atoms with E-state index in [2.05, 4.69) is 10.3 Å². The number of amides is 2. The summed E-state index contributed by atoms with van der Waals surface area (Å²) in [6, 6.07) is 6.89. The standard InChI is InChI=1S/C22H25N3O6/c1-4-30-22(29)20-13(2)19(14(3)23-20)21(28)31-12-17(26)24-15-7-9-16(10-8-15)25-11-5-6-18(25)27/h7-10,23H,4-6,11-12H2,1-3H3,(H,24,26). The van der Waals surface area contributed by atoms with Crippen molar-refractivity contribution in [2.45, 2.75) is 33.6 Å². The molecule has 0 unspecified atom stereocenters. The number of H-pyrrole nitrogens is 1. The Hall–Kier alpha value is -3.62. The number of hydrogen-bond donors (Lipinski definition) is 2. The van der Waals surface area contributed by atoms with Crippen molar-refractivity contribution in [3.05, 3.63) is 46.8 Å². The number of aryl methyl sites for hydroxylation is 1. The zero-order valence-electron chi connectivity index (χ0n) is 17.7. The molecule has 1 aliphatic rings. The summed E-state index contributed by atoms with van der Waals surface area (Å²) in [5.41, 5.74) is 2.56. The lowest BCUT2D eigenvalue weighted by atomic mass is 10.1. The predicted molar refractivity (Wildman–Crippen MR) is 113 cm³/mol. The molecule has 0 atom stereocenters. The van der Waals surface area contributed by atoms with Crippen LogP contribution in [0.2, 0.25) is 0 Å². The highest BCUT2D eigenvalue weighted by molar-refractivity contribution is 6.00. The zero-order valence-corrected chi connectivity index (χ0v) is 17.7. The number of hydrogen-bond acceptors (Lipinski definition) is 6. The largest absolute Gasteiger partial charge is 0.461 e. The Balaban J connectivity index is 1.57. The van der Waals surface area contributed by atoms with Crippen LogP contribution < -0.4 is 10.2 Å². The first-order valence-corrected chi connectivity index (χ1v) is 10.1. The van der Waals surface area contributed by atoms with Crippen molar-refractivity contribution in [3.63, 3.8) is 0 Å². The minimum absolute atomic E-state index is 0.0881. The van der Waals surface area contributed by atoms with Crippen LogP contribution in [0.15, 0.2) is 24.3 Å². The van der Waals surface area contributed by atoms with Crippen LogP contribution in [0.3, 0.4) is 0 Å². The molecule has 2 amide bonds. The van der Waals surface area contributed by atoms with Gasteiger partial charge >= 0.3 is 11.9 Å². The van der Waals surface area contributed by atoms with E-state index in [9.17, 15) is 19.2 Å². The molecule has 3 rings (SSSR count). The third-order valence-electron chi connectivity index (χ3n) is 4.99. The second-order valence-corrected chi connectivity index (χ2v) is 7.17. The van der Waals surface area contributed by atoms with E-state index in [0.29, 0.717) is 29.9 Å². The molecule has 2 N–H and O–H groups in total. The molecule has 1 saturated heterocycles. The molecule has 2 aromatic rings. The van der Waals surface area contributed by atoms with E-state index in [-0.39, 0.29) is 23.8 Å². The average Bonchev–Trinajstić information content (AvgIpc) is 3.29. The van der Waals surface area contributed by atoms with Crippen molar-refractivity contribution >= 4 is 35.1 Å². The van der Waals surface area contributed by atoms with E-state index in [1.165, 1.54) is 0 Å². The van der Waals surface area contributed by atoms with Gasteiger partial charge in [0.25, 0.3) is 5.91 Å². The predicted octanol–water partition coefficient (Wildman–Crippen LogP) is 2.73. The van der Waals surface area contributed by atoms with Crippen LogP contribution in [0, 0.1) is 13.8 Å². The summed E-state index contributed by atoms with van der Waals surface area (Å²) < 4.78 is 10.1. The van der Waals surface area contributed by atoms with Crippen molar-refractivity contribution < 1.29 is 28.7 Å². The Morgan fingerprint density at radius 2 is 1.81 bits per heavy atom. The summed E-state index contributed by atoms with van der Waals surface area (Å²) in [7, 11) is 0. The zero-order chi connectivity index (χ0) is 22.5. The number of rotatable bonds is 7. The van der Waals surface area contributed by atoms with E-state index in [0.717, 1.165) is 12.1 Å². The number of aromatic amines is 1. The molecule has 1 aliphatic heterocycles. The lowest BCUT2D eigenvalue weighted by Crippen LogP contribution is -2.24. The van der Waals surface area contributed by atoms with Gasteiger partial charge < -0.3 is 24.7 Å². The Morgan fingerprint density at radius 1 is 1.10 bits per heavy atom. The fourth-order valence-corrected chi connectivity index (χ4v) is 3.51. The minimum Gasteiger partial charge on any atom is -0.461 e. The van der Waals surface area contributed by atoms with Crippen LogP contribution in [0.25, 0.3) is 0 Å². The Bertz CT molecular complexity index is 1010. The van der Waals surface area contributed by atoms with Gasteiger partial charge in [0.1, 0.15) is 5.69 Å². The van der Waals surface area contributed by atoms with E-state index in [1.807, 2.05) is 0 Å². The summed E-state index contributed by atoms with van der Waals surface area (Å²) in [6.07, 6.45) is 1.38. The first-order chi connectivity index (χ1) is 14.8. The highest BCUT2D eigenvalue weighted by atomic mass is 16.5. The molecule has 1 aromatic carbocycles. The maximum atomic E-state index is 12.4. The van der Waals surface area contributed by atoms with Gasteiger partial charge in [-0.15, -0.1) is 0 Å². The number of benzene rings is 1. The van der Waals surface area contributed by atoms with Crippen molar-refractivity contribution in [1.82, 2.24) is 4.98 Å². The summed E-state index contributed by atoms with van der Waals surface area (Å²) >= 11 is 0. The van der Waals surface area contributed by atoms with Gasteiger partial charge in [-0.1, -0.05) is 0 Å². The number of anilines is 2. The highest BCUT2D eigenvalue weighted by Crippen LogP contribution is 2.23. The number of carbonyl (C=O) groups is 4. The quantitative estimate of drug-likeness (QED) is 0.656. The molecular weight excluding hydrogens is 402 g/mol. The molecule has 9 heteroatoms. The fourth-order valence-electron chi connectivity index (χ4n) is 3.51. The second-order valence-electron chi connectivity index (χ2n) is 7.17. The molecular formula is C22H25N3O6. The summed E-state index contributed by atoms with van der Waals surface area (Å²) in [5, 5.41) is 2.65. The van der Waals surface area contributed by atoms with Crippen LogP contribution in [0.5, 0.6) is 0 Å². The molecule has 0 radical (unpaired) electrons. The van der Waals surface area contributed by atoms with Gasteiger partial charge in [-0.05, 0) is 57.0 Å². The number of nitrogens with zero attached hydrogens (tertiary/aromatic N) is 1. The molecule has 31 heavy (non-hydrogen) atoms. The molecule has 0 spiro atoms. The van der Waals surface area contributed by atoms with Gasteiger partial charge in [0, 0.05) is 30.0 Å². The maximum Gasteiger partial charge on any atom is 0.355 e. The summed E-state index contributed by atoms with van der Waals surface area (Å²) in [5.74, 6) is -1.68. The van der Waals surface area contributed by atoms with E-state index >= 15 is 0 Å². The summed E-state index contributed by atoms with van der Waals surface area (Å²) in [6.45, 7) is 5.36. The average molecular weight is 427 g/mol. The monoisotopic (exact) mass is 427 g/mol. The van der Waals surface area contributed by atoms with Crippen molar-refractivity contribution in [2.75, 3.05) is 30.0 Å². The fraction of sp³-hybridized carbons (Fsp3) is 0.364. The third kappa shape index (κ3) is 4.93. The van der Waals surface area contributed by atoms with Crippen LogP contribution >= 0.6 is 0 Å². The Morgan fingerprint density at radius 3 is 2.42 bits per heavy atom. The maximum absolute atomic E-state index is 12.4. The molecule has 164 valence electrons. The van der Waals surface area contributed by atoms with Gasteiger partial charge in [-0.25, -0.2) is 9.59 Å². The highest BCUT2D eigenvalue weighted by Gasteiger charge is 2.24. The first-order valence-electron chi connectivity index (χ1n) is 10.1. The number of nitrogens with one attached hydrogen (secondary N) is 2. The number of aromatic nitrogens is 1. The van der Waals surface area contributed by atoms with E-state index < -0.39 is 24.5 Å². The molecule has 0 aliphatic carbocycles.